The van der Waals surface area contributed by atoms with E-state index in [1.807, 2.05) is 6.92 Å². The van der Waals surface area contributed by atoms with Crippen molar-refractivity contribution < 1.29 is 14.7 Å². The molecule has 1 fully saturated rings. The number of carboxylic acids is 1. The highest BCUT2D eigenvalue weighted by atomic mass is 16.4. The predicted octanol–water partition coefficient (Wildman–Crippen LogP) is 0.500. The summed E-state index contributed by atoms with van der Waals surface area (Å²) in [6.45, 7) is 3.11. The fraction of sp³-hybridized carbons (Fsp3) is 0.818. The molecule has 0 aromatic rings. The van der Waals surface area contributed by atoms with Gasteiger partial charge in [0.15, 0.2) is 0 Å². The van der Waals surface area contributed by atoms with Crippen LogP contribution in [0.3, 0.4) is 0 Å². The monoisotopic (exact) mass is 228 g/mol. The highest BCUT2D eigenvalue weighted by Crippen LogP contribution is 2.34. The number of rotatable bonds is 7. The summed E-state index contributed by atoms with van der Waals surface area (Å²) in [7, 11) is 0. The summed E-state index contributed by atoms with van der Waals surface area (Å²) < 4.78 is 0. The summed E-state index contributed by atoms with van der Waals surface area (Å²) in [6.07, 6.45) is 3.56. The molecule has 1 aliphatic carbocycles. The summed E-state index contributed by atoms with van der Waals surface area (Å²) in [6, 6.07) is 0. The van der Waals surface area contributed by atoms with Crippen molar-refractivity contribution in [3.63, 3.8) is 0 Å². The van der Waals surface area contributed by atoms with Crippen molar-refractivity contribution in [2.45, 2.75) is 44.6 Å². The van der Waals surface area contributed by atoms with Gasteiger partial charge in [0.05, 0.1) is 18.5 Å². The van der Waals surface area contributed by atoms with Crippen LogP contribution in [0, 0.1) is 0 Å². The van der Waals surface area contributed by atoms with Gasteiger partial charge in [-0.1, -0.05) is 6.92 Å². The maximum Gasteiger partial charge on any atom is 0.305 e. The van der Waals surface area contributed by atoms with E-state index >= 15 is 0 Å². The van der Waals surface area contributed by atoms with E-state index in [9.17, 15) is 9.59 Å². The van der Waals surface area contributed by atoms with Crippen LogP contribution in [0.2, 0.25) is 0 Å². The Morgan fingerprint density at radius 3 is 2.50 bits per heavy atom. The Morgan fingerprint density at radius 2 is 2.06 bits per heavy atom. The van der Waals surface area contributed by atoms with Crippen LogP contribution >= 0.6 is 0 Å². The normalized spacial score (nSPS) is 17.6. The summed E-state index contributed by atoms with van der Waals surface area (Å²) in [5.41, 5.74) is -0.475. The minimum Gasteiger partial charge on any atom is -0.481 e. The molecule has 0 aliphatic heterocycles. The van der Waals surface area contributed by atoms with Crippen molar-refractivity contribution in [1.82, 2.24) is 10.6 Å². The van der Waals surface area contributed by atoms with Crippen molar-refractivity contribution in [2.24, 2.45) is 0 Å². The minimum absolute atomic E-state index is 0.0342. The SMILES string of the molecule is CCCNCC(=O)NC1(CC(=O)O)CCC1. The number of carbonyl (C=O) groups excluding carboxylic acids is 1. The Hall–Kier alpha value is -1.10. The van der Waals surface area contributed by atoms with E-state index in [2.05, 4.69) is 10.6 Å². The molecule has 1 rings (SSSR count). The summed E-state index contributed by atoms with van der Waals surface area (Å²) in [5, 5.41) is 14.6. The van der Waals surface area contributed by atoms with E-state index < -0.39 is 11.5 Å². The molecule has 1 aliphatic rings. The van der Waals surface area contributed by atoms with E-state index in [0.717, 1.165) is 32.2 Å². The van der Waals surface area contributed by atoms with Gasteiger partial charge in [-0.15, -0.1) is 0 Å². The van der Waals surface area contributed by atoms with Crippen molar-refractivity contribution in [2.75, 3.05) is 13.1 Å². The quantitative estimate of drug-likeness (QED) is 0.554. The van der Waals surface area contributed by atoms with Gasteiger partial charge in [0, 0.05) is 0 Å². The first-order valence-corrected chi connectivity index (χ1v) is 5.81. The molecule has 3 N–H and O–H groups in total. The minimum atomic E-state index is -0.846. The molecule has 5 heteroatoms. The molecule has 0 atom stereocenters. The number of hydrogen-bond donors (Lipinski definition) is 3. The lowest BCUT2D eigenvalue weighted by atomic mass is 9.74. The van der Waals surface area contributed by atoms with Crippen molar-refractivity contribution in [3.8, 4) is 0 Å². The first-order valence-electron chi connectivity index (χ1n) is 5.81. The molecule has 0 bridgehead atoms. The fourth-order valence-corrected chi connectivity index (χ4v) is 1.96. The van der Waals surface area contributed by atoms with Crippen LogP contribution < -0.4 is 10.6 Å². The molecule has 16 heavy (non-hydrogen) atoms. The van der Waals surface area contributed by atoms with Gasteiger partial charge in [0.2, 0.25) is 5.91 Å². The first kappa shape index (κ1) is 13.0. The van der Waals surface area contributed by atoms with Gasteiger partial charge in [-0.2, -0.15) is 0 Å². The Kier molecular flexibility index (Phi) is 4.73. The number of carbonyl (C=O) groups is 2. The van der Waals surface area contributed by atoms with Crippen molar-refractivity contribution in [3.05, 3.63) is 0 Å². The van der Waals surface area contributed by atoms with Gasteiger partial charge in [0.1, 0.15) is 0 Å². The molecule has 5 nitrogen and oxygen atoms in total. The number of hydrogen-bond acceptors (Lipinski definition) is 3. The smallest absolute Gasteiger partial charge is 0.305 e. The highest BCUT2D eigenvalue weighted by molar-refractivity contribution is 5.80. The van der Waals surface area contributed by atoms with Crippen LogP contribution in [-0.4, -0.2) is 35.6 Å². The van der Waals surface area contributed by atoms with Crippen LogP contribution in [0.15, 0.2) is 0 Å². The molecule has 0 spiro atoms. The van der Waals surface area contributed by atoms with Crippen molar-refractivity contribution >= 4 is 11.9 Å². The van der Waals surface area contributed by atoms with Gasteiger partial charge < -0.3 is 15.7 Å². The van der Waals surface area contributed by atoms with Crippen molar-refractivity contribution in [1.29, 1.82) is 0 Å². The van der Waals surface area contributed by atoms with Gasteiger partial charge in [-0.25, -0.2) is 0 Å². The van der Waals surface area contributed by atoms with Gasteiger partial charge in [-0.05, 0) is 32.2 Å². The lowest BCUT2D eigenvalue weighted by molar-refractivity contribution is -0.140. The molecule has 0 aromatic heterocycles. The van der Waals surface area contributed by atoms with Gasteiger partial charge >= 0.3 is 5.97 Å². The van der Waals surface area contributed by atoms with Crippen LogP contribution in [0.5, 0.6) is 0 Å². The average molecular weight is 228 g/mol. The topological polar surface area (TPSA) is 78.4 Å². The molecule has 0 radical (unpaired) electrons. The Labute approximate surface area is 95.6 Å². The standard InChI is InChI=1S/C11H20N2O3/c1-2-6-12-8-9(14)13-11(4-3-5-11)7-10(15)16/h12H,2-8H2,1H3,(H,13,14)(H,15,16). The lowest BCUT2D eigenvalue weighted by Gasteiger charge is -2.41. The third kappa shape index (κ3) is 3.81. The number of carboxylic acid groups (broad SMARTS) is 1. The van der Waals surface area contributed by atoms with Crippen LogP contribution in [0.1, 0.15) is 39.0 Å². The summed E-state index contributed by atoms with van der Waals surface area (Å²) in [5.74, 6) is -0.948. The lowest BCUT2D eigenvalue weighted by Crippen LogP contribution is -2.56. The zero-order valence-corrected chi connectivity index (χ0v) is 9.71. The molecule has 1 saturated carbocycles. The zero-order valence-electron chi connectivity index (χ0n) is 9.71. The van der Waals surface area contributed by atoms with Crippen LogP contribution in [-0.2, 0) is 9.59 Å². The Bertz CT molecular complexity index is 262. The molecule has 0 aromatic carbocycles. The molecule has 0 saturated heterocycles. The highest BCUT2D eigenvalue weighted by Gasteiger charge is 2.40. The second kappa shape index (κ2) is 5.84. The molecule has 92 valence electrons. The maximum absolute atomic E-state index is 11.5. The molecule has 1 amide bonds. The van der Waals surface area contributed by atoms with E-state index in [-0.39, 0.29) is 18.9 Å². The summed E-state index contributed by atoms with van der Waals surface area (Å²) in [4.78, 5) is 22.2. The van der Waals surface area contributed by atoms with E-state index in [1.165, 1.54) is 0 Å². The number of aliphatic carboxylic acids is 1. The molecular formula is C11H20N2O3. The third-order valence-electron chi connectivity index (χ3n) is 2.92. The average Bonchev–Trinajstić information content (AvgIpc) is 2.14. The van der Waals surface area contributed by atoms with Crippen LogP contribution in [0.25, 0.3) is 0 Å². The molecular weight excluding hydrogens is 208 g/mol. The zero-order chi connectivity index (χ0) is 12.0. The van der Waals surface area contributed by atoms with Gasteiger partial charge in [0.25, 0.3) is 0 Å². The largest absolute Gasteiger partial charge is 0.481 e. The number of nitrogens with one attached hydrogen (secondary N) is 2. The Balaban J connectivity index is 2.32. The van der Waals surface area contributed by atoms with Crippen LogP contribution in [0.4, 0.5) is 0 Å². The second-order valence-corrected chi connectivity index (χ2v) is 4.43. The molecule has 0 unspecified atom stereocenters. The Morgan fingerprint density at radius 1 is 1.38 bits per heavy atom. The van der Waals surface area contributed by atoms with E-state index in [0.29, 0.717) is 0 Å². The van der Waals surface area contributed by atoms with E-state index in [1.54, 1.807) is 0 Å². The first-order chi connectivity index (χ1) is 7.58. The van der Waals surface area contributed by atoms with E-state index in [4.69, 9.17) is 5.11 Å². The fourth-order valence-electron chi connectivity index (χ4n) is 1.96. The van der Waals surface area contributed by atoms with Gasteiger partial charge in [-0.3, -0.25) is 9.59 Å². The number of amides is 1. The maximum atomic E-state index is 11.5. The second-order valence-electron chi connectivity index (χ2n) is 4.43. The predicted molar refractivity (Wildman–Crippen MR) is 60.1 cm³/mol. The molecule has 0 heterocycles. The third-order valence-corrected chi connectivity index (χ3v) is 2.92. The summed E-state index contributed by atoms with van der Waals surface area (Å²) >= 11 is 0.